The van der Waals surface area contributed by atoms with Gasteiger partial charge in [-0.3, -0.25) is 0 Å². The minimum absolute atomic E-state index is 0.0166. The zero-order valence-electron chi connectivity index (χ0n) is 9.02. The van der Waals surface area contributed by atoms with Crippen molar-refractivity contribution in [2.75, 3.05) is 5.32 Å². The summed E-state index contributed by atoms with van der Waals surface area (Å²) in [5, 5.41) is 5.76. The van der Waals surface area contributed by atoms with Crippen molar-refractivity contribution in [1.82, 2.24) is 15.0 Å². The van der Waals surface area contributed by atoms with Crippen LogP contribution < -0.4 is 5.32 Å². The van der Waals surface area contributed by atoms with Gasteiger partial charge in [0.1, 0.15) is 5.01 Å². The molecule has 17 heavy (non-hydrogen) atoms. The summed E-state index contributed by atoms with van der Waals surface area (Å²) < 4.78 is 13.4. The Kier molecular flexibility index (Phi) is 3.86. The van der Waals surface area contributed by atoms with Crippen LogP contribution in [0.2, 0.25) is 5.28 Å². The van der Waals surface area contributed by atoms with Gasteiger partial charge in [-0.2, -0.15) is 4.98 Å². The van der Waals surface area contributed by atoms with Gasteiger partial charge >= 0.3 is 0 Å². The third-order valence-electron chi connectivity index (χ3n) is 2.18. The van der Waals surface area contributed by atoms with Crippen molar-refractivity contribution in [3.63, 3.8) is 0 Å². The molecular weight excluding hydrogens is 263 g/mol. The normalized spacial score (nSPS) is 12.4. The predicted octanol–water partition coefficient (Wildman–Crippen LogP) is 3.29. The quantitative estimate of drug-likeness (QED) is 0.868. The molecule has 2 heterocycles. The molecule has 0 fully saturated rings. The predicted molar refractivity (Wildman–Crippen MR) is 65.8 cm³/mol. The topological polar surface area (TPSA) is 50.7 Å². The molecule has 90 valence electrons. The molecule has 2 rings (SSSR count). The van der Waals surface area contributed by atoms with Gasteiger partial charge in [0.2, 0.25) is 5.28 Å². The van der Waals surface area contributed by atoms with Gasteiger partial charge in [-0.15, -0.1) is 11.3 Å². The van der Waals surface area contributed by atoms with E-state index in [-0.39, 0.29) is 17.1 Å². The SMILES string of the molecule is CCC(Nc1nc(Cl)ncc1F)c1nccs1. The van der Waals surface area contributed by atoms with E-state index in [0.717, 1.165) is 17.6 Å². The van der Waals surface area contributed by atoms with Crippen molar-refractivity contribution in [2.24, 2.45) is 0 Å². The molecule has 7 heteroatoms. The van der Waals surface area contributed by atoms with E-state index in [4.69, 9.17) is 11.6 Å². The molecule has 0 saturated heterocycles. The summed E-state index contributed by atoms with van der Waals surface area (Å²) in [7, 11) is 0. The average Bonchev–Trinajstić information content (AvgIpc) is 2.84. The summed E-state index contributed by atoms with van der Waals surface area (Å²) in [6.45, 7) is 1.99. The van der Waals surface area contributed by atoms with Crippen LogP contribution in [0.15, 0.2) is 17.8 Å². The fraction of sp³-hybridized carbons (Fsp3) is 0.300. The summed E-state index contributed by atoms with van der Waals surface area (Å²) in [5.41, 5.74) is 0. The van der Waals surface area contributed by atoms with Gasteiger partial charge in [0, 0.05) is 11.6 Å². The molecule has 0 amide bonds. The van der Waals surface area contributed by atoms with Crippen molar-refractivity contribution in [3.8, 4) is 0 Å². The Balaban J connectivity index is 2.21. The standard InChI is InChI=1S/C10H10ClFN4S/c1-2-7(9-13-3-4-17-9)15-8-6(12)5-14-10(11)16-8/h3-5,7H,2H2,1H3,(H,14,15,16). The highest BCUT2D eigenvalue weighted by molar-refractivity contribution is 7.09. The van der Waals surface area contributed by atoms with Crippen LogP contribution in [0.4, 0.5) is 10.2 Å². The van der Waals surface area contributed by atoms with Crippen LogP contribution in [0.5, 0.6) is 0 Å². The fourth-order valence-corrected chi connectivity index (χ4v) is 2.26. The Morgan fingerprint density at radius 2 is 2.35 bits per heavy atom. The maximum absolute atomic E-state index is 13.4. The molecule has 2 aromatic heterocycles. The number of nitrogens with zero attached hydrogens (tertiary/aromatic N) is 3. The molecule has 1 N–H and O–H groups in total. The zero-order valence-corrected chi connectivity index (χ0v) is 10.6. The second kappa shape index (κ2) is 5.37. The van der Waals surface area contributed by atoms with Gasteiger partial charge in [-0.1, -0.05) is 6.92 Å². The number of rotatable bonds is 4. The lowest BCUT2D eigenvalue weighted by Crippen LogP contribution is -2.12. The molecule has 0 spiro atoms. The molecule has 2 aromatic rings. The molecule has 0 aromatic carbocycles. The van der Waals surface area contributed by atoms with Crippen molar-refractivity contribution >= 4 is 28.8 Å². The summed E-state index contributed by atoms with van der Waals surface area (Å²) in [6, 6.07) is -0.0736. The first kappa shape index (κ1) is 12.2. The molecule has 0 aliphatic heterocycles. The second-order valence-corrected chi connectivity index (χ2v) is 4.58. The van der Waals surface area contributed by atoms with Gasteiger partial charge < -0.3 is 5.32 Å². The number of hydrogen-bond donors (Lipinski definition) is 1. The third kappa shape index (κ3) is 2.89. The monoisotopic (exact) mass is 272 g/mol. The Morgan fingerprint density at radius 1 is 1.53 bits per heavy atom. The molecule has 0 aliphatic carbocycles. The fourth-order valence-electron chi connectivity index (χ4n) is 1.36. The number of hydrogen-bond acceptors (Lipinski definition) is 5. The van der Waals surface area contributed by atoms with Crippen molar-refractivity contribution < 1.29 is 4.39 Å². The lowest BCUT2D eigenvalue weighted by Gasteiger charge is -2.15. The largest absolute Gasteiger partial charge is 0.358 e. The van der Waals surface area contributed by atoms with E-state index in [1.165, 1.54) is 11.3 Å². The van der Waals surface area contributed by atoms with E-state index >= 15 is 0 Å². The number of aromatic nitrogens is 3. The molecule has 1 unspecified atom stereocenters. The highest BCUT2D eigenvalue weighted by Gasteiger charge is 2.15. The molecule has 0 bridgehead atoms. The Morgan fingerprint density at radius 3 is 3.00 bits per heavy atom. The van der Waals surface area contributed by atoms with Crippen LogP contribution in [0.3, 0.4) is 0 Å². The third-order valence-corrected chi connectivity index (χ3v) is 3.25. The summed E-state index contributed by atoms with van der Waals surface area (Å²) in [5.74, 6) is -0.420. The maximum atomic E-state index is 13.4. The highest BCUT2D eigenvalue weighted by Crippen LogP contribution is 2.24. The summed E-state index contributed by atoms with van der Waals surface area (Å²) in [6.07, 6.45) is 3.54. The first-order chi connectivity index (χ1) is 8.20. The molecule has 4 nitrogen and oxygen atoms in total. The number of halogens is 2. The first-order valence-corrected chi connectivity index (χ1v) is 6.30. The zero-order chi connectivity index (χ0) is 12.3. The minimum atomic E-state index is -0.524. The van der Waals surface area contributed by atoms with Crippen LogP contribution in [0.1, 0.15) is 24.4 Å². The Labute approximate surface area is 107 Å². The minimum Gasteiger partial charge on any atom is -0.358 e. The summed E-state index contributed by atoms with van der Waals surface area (Å²) in [4.78, 5) is 11.6. The first-order valence-electron chi connectivity index (χ1n) is 5.04. The maximum Gasteiger partial charge on any atom is 0.224 e. The lowest BCUT2D eigenvalue weighted by molar-refractivity contribution is 0.609. The van der Waals surface area contributed by atoms with E-state index in [9.17, 15) is 4.39 Å². The Bertz CT molecular complexity index is 491. The van der Waals surface area contributed by atoms with Gasteiger partial charge in [0.05, 0.1) is 12.2 Å². The summed E-state index contributed by atoms with van der Waals surface area (Å²) >= 11 is 7.14. The van der Waals surface area contributed by atoms with Gasteiger partial charge in [-0.05, 0) is 18.0 Å². The van der Waals surface area contributed by atoms with Crippen LogP contribution in [0.25, 0.3) is 0 Å². The average molecular weight is 273 g/mol. The Hall–Kier alpha value is -1.27. The van der Waals surface area contributed by atoms with Crippen molar-refractivity contribution in [3.05, 3.63) is 33.9 Å². The van der Waals surface area contributed by atoms with Crippen LogP contribution >= 0.6 is 22.9 Å². The van der Waals surface area contributed by atoms with Crippen LogP contribution in [0, 0.1) is 5.82 Å². The number of anilines is 1. The second-order valence-electron chi connectivity index (χ2n) is 3.31. The van der Waals surface area contributed by atoms with Crippen molar-refractivity contribution in [2.45, 2.75) is 19.4 Å². The van der Waals surface area contributed by atoms with Gasteiger partial charge in [0.25, 0.3) is 0 Å². The molecule has 0 radical (unpaired) electrons. The number of nitrogens with one attached hydrogen (secondary N) is 1. The van der Waals surface area contributed by atoms with E-state index in [2.05, 4.69) is 20.3 Å². The van der Waals surface area contributed by atoms with E-state index in [1.807, 2.05) is 12.3 Å². The van der Waals surface area contributed by atoms with Gasteiger partial charge in [0.15, 0.2) is 11.6 Å². The lowest BCUT2D eigenvalue weighted by atomic mass is 10.2. The molecule has 0 aliphatic rings. The molecular formula is C10H10ClFN4S. The van der Waals surface area contributed by atoms with Crippen LogP contribution in [-0.4, -0.2) is 15.0 Å². The molecule has 0 saturated carbocycles. The van der Waals surface area contributed by atoms with Crippen LogP contribution in [-0.2, 0) is 0 Å². The van der Waals surface area contributed by atoms with E-state index in [0.29, 0.717) is 0 Å². The highest BCUT2D eigenvalue weighted by atomic mass is 35.5. The smallest absolute Gasteiger partial charge is 0.224 e. The van der Waals surface area contributed by atoms with E-state index < -0.39 is 5.82 Å². The number of thiazole rings is 1. The molecule has 1 atom stereocenters. The van der Waals surface area contributed by atoms with Gasteiger partial charge in [-0.25, -0.2) is 14.4 Å². The van der Waals surface area contributed by atoms with E-state index in [1.54, 1.807) is 6.20 Å². The van der Waals surface area contributed by atoms with Crippen molar-refractivity contribution in [1.29, 1.82) is 0 Å².